The maximum Gasteiger partial charge on any atom is 0.264 e. The molecular weight excluding hydrogens is 256 g/mol. The molecule has 0 saturated heterocycles. The third kappa shape index (κ3) is 3.50. The van der Waals surface area contributed by atoms with E-state index in [4.69, 9.17) is 9.57 Å². The fourth-order valence-corrected chi connectivity index (χ4v) is 1.91. The lowest BCUT2D eigenvalue weighted by Crippen LogP contribution is -2.36. The van der Waals surface area contributed by atoms with E-state index in [9.17, 15) is 4.79 Å². The number of rotatable bonds is 5. The molecule has 0 saturated carbocycles. The van der Waals surface area contributed by atoms with Crippen molar-refractivity contribution in [3.8, 4) is 5.75 Å². The van der Waals surface area contributed by atoms with Crippen LogP contribution >= 0.6 is 0 Å². The monoisotopic (exact) mass is 276 g/mol. The van der Waals surface area contributed by atoms with Gasteiger partial charge in [-0.3, -0.25) is 4.79 Å². The summed E-state index contributed by atoms with van der Waals surface area (Å²) >= 11 is 0. The maximum absolute atomic E-state index is 11.9. The third-order valence-electron chi connectivity index (χ3n) is 3.05. The molecule has 108 valence electrons. The van der Waals surface area contributed by atoms with Gasteiger partial charge >= 0.3 is 0 Å². The number of nitrogens with one attached hydrogen (secondary N) is 1. The zero-order valence-electron chi connectivity index (χ0n) is 12.1. The first kappa shape index (κ1) is 14.4. The molecule has 1 N–H and O–H groups in total. The minimum atomic E-state index is -0.532. The van der Waals surface area contributed by atoms with Crippen molar-refractivity contribution in [2.45, 2.75) is 26.4 Å². The van der Waals surface area contributed by atoms with E-state index in [1.54, 1.807) is 7.11 Å². The molecule has 0 spiro atoms. The number of ether oxygens (including phenoxy) is 1. The van der Waals surface area contributed by atoms with E-state index in [-0.39, 0.29) is 5.91 Å². The summed E-state index contributed by atoms with van der Waals surface area (Å²) in [7, 11) is 1.62. The number of hydrogen-bond acceptors (Lipinski definition) is 4. The van der Waals surface area contributed by atoms with Gasteiger partial charge in [-0.1, -0.05) is 31.1 Å². The maximum atomic E-state index is 11.9. The van der Waals surface area contributed by atoms with E-state index < -0.39 is 6.10 Å². The van der Waals surface area contributed by atoms with Crippen molar-refractivity contribution < 1.29 is 14.4 Å². The lowest BCUT2D eigenvalue weighted by atomic mass is 10.0. The van der Waals surface area contributed by atoms with Crippen LogP contribution in [0.5, 0.6) is 5.75 Å². The number of methoxy groups -OCH3 is 1. The van der Waals surface area contributed by atoms with Crippen LogP contribution in [0.25, 0.3) is 0 Å². The minimum absolute atomic E-state index is 0.111. The molecular formula is C15H20N2O3. The predicted molar refractivity (Wildman–Crippen MR) is 76.9 cm³/mol. The summed E-state index contributed by atoms with van der Waals surface area (Å²) in [5, 5.41) is 6.87. The Bertz CT molecular complexity index is 512. The van der Waals surface area contributed by atoms with Crippen LogP contribution in [-0.4, -0.2) is 31.4 Å². The molecule has 0 aromatic heterocycles. The smallest absolute Gasteiger partial charge is 0.264 e. The van der Waals surface area contributed by atoms with Crippen molar-refractivity contribution in [1.82, 2.24) is 5.32 Å². The van der Waals surface area contributed by atoms with Gasteiger partial charge in [-0.15, -0.1) is 0 Å². The standard InChI is InChI=1S/C15H20N2O3/c1-10(2)9-16-15(18)14-8-13(17-20-14)11-5-4-6-12(7-11)19-3/h4-7,10,14H,8-9H2,1-3H3,(H,16,18)/t14-/m1/s1. The number of amides is 1. The molecule has 20 heavy (non-hydrogen) atoms. The Morgan fingerprint density at radius 1 is 1.55 bits per heavy atom. The lowest BCUT2D eigenvalue weighted by molar-refractivity contribution is -0.131. The molecule has 5 heteroatoms. The lowest BCUT2D eigenvalue weighted by Gasteiger charge is -2.11. The number of hydrogen-bond donors (Lipinski definition) is 1. The first-order valence-electron chi connectivity index (χ1n) is 6.75. The van der Waals surface area contributed by atoms with Gasteiger partial charge in [0.15, 0.2) is 0 Å². The fraction of sp³-hybridized carbons (Fsp3) is 0.467. The fourth-order valence-electron chi connectivity index (χ4n) is 1.91. The molecule has 1 aromatic carbocycles. The first-order chi connectivity index (χ1) is 9.60. The molecule has 1 aliphatic rings. The Labute approximate surface area is 118 Å². The van der Waals surface area contributed by atoms with Crippen LogP contribution in [0, 0.1) is 5.92 Å². The Hall–Kier alpha value is -2.04. The molecule has 5 nitrogen and oxygen atoms in total. The number of benzene rings is 1. The SMILES string of the molecule is COc1cccc(C2=NO[C@@H](C(=O)NCC(C)C)C2)c1. The van der Waals surface area contributed by atoms with Crippen LogP contribution in [-0.2, 0) is 9.63 Å². The summed E-state index contributed by atoms with van der Waals surface area (Å²) in [4.78, 5) is 17.1. The molecule has 1 amide bonds. The van der Waals surface area contributed by atoms with Crippen LogP contribution in [0.1, 0.15) is 25.8 Å². The number of nitrogens with zero attached hydrogens (tertiary/aromatic N) is 1. The molecule has 1 aromatic rings. The van der Waals surface area contributed by atoms with E-state index in [0.29, 0.717) is 18.9 Å². The first-order valence-corrected chi connectivity index (χ1v) is 6.75. The molecule has 1 heterocycles. The van der Waals surface area contributed by atoms with E-state index in [1.807, 2.05) is 38.1 Å². The number of oxime groups is 1. The summed E-state index contributed by atoms with van der Waals surface area (Å²) in [6.07, 6.45) is -0.0492. The second-order valence-corrected chi connectivity index (χ2v) is 5.21. The van der Waals surface area contributed by atoms with Crippen LogP contribution in [0.3, 0.4) is 0 Å². The van der Waals surface area contributed by atoms with E-state index in [2.05, 4.69) is 10.5 Å². The largest absolute Gasteiger partial charge is 0.497 e. The average molecular weight is 276 g/mol. The molecule has 1 atom stereocenters. The summed E-state index contributed by atoms with van der Waals surface area (Å²) in [5.41, 5.74) is 1.69. The van der Waals surface area contributed by atoms with E-state index in [1.165, 1.54) is 0 Å². The van der Waals surface area contributed by atoms with Gasteiger partial charge in [-0.25, -0.2) is 0 Å². The molecule has 2 rings (SSSR count). The van der Waals surface area contributed by atoms with Crippen molar-refractivity contribution in [2.24, 2.45) is 11.1 Å². The molecule has 0 fully saturated rings. The summed E-state index contributed by atoms with van der Waals surface area (Å²) in [6.45, 7) is 4.75. The molecule has 1 aliphatic heterocycles. The molecule has 0 unspecified atom stereocenters. The zero-order valence-corrected chi connectivity index (χ0v) is 12.1. The second kappa shape index (κ2) is 6.41. The van der Waals surface area contributed by atoms with E-state index >= 15 is 0 Å². The van der Waals surface area contributed by atoms with Gasteiger partial charge in [0.1, 0.15) is 5.75 Å². The van der Waals surface area contributed by atoms with Crippen LogP contribution in [0.4, 0.5) is 0 Å². The van der Waals surface area contributed by atoms with Crippen LogP contribution in [0.2, 0.25) is 0 Å². The van der Waals surface area contributed by atoms with Crippen molar-refractivity contribution in [1.29, 1.82) is 0 Å². The quantitative estimate of drug-likeness (QED) is 0.894. The Kier molecular flexibility index (Phi) is 4.61. The Balaban J connectivity index is 1.95. The summed E-state index contributed by atoms with van der Waals surface area (Å²) in [5.74, 6) is 1.07. The minimum Gasteiger partial charge on any atom is -0.497 e. The van der Waals surface area contributed by atoms with Crippen molar-refractivity contribution in [3.05, 3.63) is 29.8 Å². The van der Waals surface area contributed by atoms with Crippen LogP contribution in [0.15, 0.2) is 29.4 Å². The second-order valence-electron chi connectivity index (χ2n) is 5.21. The highest BCUT2D eigenvalue weighted by Gasteiger charge is 2.28. The van der Waals surface area contributed by atoms with Crippen molar-refractivity contribution >= 4 is 11.6 Å². The Morgan fingerprint density at radius 3 is 3.05 bits per heavy atom. The predicted octanol–water partition coefficient (Wildman–Crippen LogP) is 1.96. The third-order valence-corrected chi connectivity index (χ3v) is 3.05. The highest BCUT2D eigenvalue weighted by molar-refractivity contribution is 6.04. The Morgan fingerprint density at radius 2 is 2.35 bits per heavy atom. The molecule has 0 bridgehead atoms. The molecule has 0 aliphatic carbocycles. The van der Waals surface area contributed by atoms with Gasteiger partial charge in [-0.2, -0.15) is 0 Å². The summed E-state index contributed by atoms with van der Waals surface area (Å²) in [6, 6.07) is 7.57. The average Bonchev–Trinajstić information content (AvgIpc) is 2.94. The number of carbonyl (C=O) groups excluding carboxylic acids is 1. The van der Waals surface area contributed by atoms with Gasteiger partial charge in [0.05, 0.1) is 12.8 Å². The van der Waals surface area contributed by atoms with Crippen molar-refractivity contribution in [3.63, 3.8) is 0 Å². The van der Waals surface area contributed by atoms with Gasteiger partial charge in [0, 0.05) is 18.5 Å². The topological polar surface area (TPSA) is 59.9 Å². The van der Waals surface area contributed by atoms with Gasteiger partial charge in [-0.05, 0) is 18.1 Å². The number of carbonyl (C=O) groups is 1. The van der Waals surface area contributed by atoms with Gasteiger partial charge < -0.3 is 14.9 Å². The summed E-state index contributed by atoms with van der Waals surface area (Å²) < 4.78 is 5.18. The van der Waals surface area contributed by atoms with Gasteiger partial charge in [0.25, 0.3) is 5.91 Å². The van der Waals surface area contributed by atoms with Crippen LogP contribution < -0.4 is 10.1 Å². The van der Waals surface area contributed by atoms with Gasteiger partial charge in [0.2, 0.25) is 6.10 Å². The highest BCUT2D eigenvalue weighted by Crippen LogP contribution is 2.20. The van der Waals surface area contributed by atoms with Crippen molar-refractivity contribution in [2.75, 3.05) is 13.7 Å². The zero-order chi connectivity index (χ0) is 14.5. The normalized spacial score (nSPS) is 17.6. The molecule has 0 radical (unpaired) electrons. The van der Waals surface area contributed by atoms with E-state index in [0.717, 1.165) is 17.0 Å². The highest BCUT2D eigenvalue weighted by atomic mass is 16.6.